The molecule has 1 aliphatic rings. The largest absolute Gasteiger partial charge is 0.409 e. The van der Waals surface area contributed by atoms with Crippen LogP contribution in [-0.2, 0) is 0 Å². The molecule has 0 aliphatic heterocycles. The lowest BCUT2D eigenvalue weighted by atomic mass is 9.63. The molecule has 0 amide bonds. The number of rotatable bonds is 6. The summed E-state index contributed by atoms with van der Waals surface area (Å²) < 4.78 is 0. The molecular formula is C17H35N3O. The predicted octanol–water partition coefficient (Wildman–Crippen LogP) is 3.73. The first kappa shape index (κ1) is 18.3. The van der Waals surface area contributed by atoms with Gasteiger partial charge in [0.1, 0.15) is 5.84 Å². The molecule has 4 N–H and O–H groups in total. The summed E-state index contributed by atoms with van der Waals surface area (Å²) in [6.07, 6.45) is 5.77. The highest BCUT2D eigenvalue weighted by atomic mass is 16.4. The van der Waals surface area contributed by atoms with Crippen LogP contribution in [0, 0.1) is 16.2 Å². The van der Waals surface area contributed by atoms with Crippen LogP contribution in [0.4, 0.5) is 0 Å². The summed E-state index contributed by atoms with van der Waals surface area (Å²) >= 11 is 0. The minimum atomic E-state index is -0.235. The van der Waals surface area contributed by atoms with E-state index in [2.05, 4.69) is 38.2 Å². The van der Waals surface area contributed by atoms with E-state index in [4.69, 9.17) is 10.9 Å². The van der Waals surface area contributed by atoms with Gasteiger partial charge in [0.05, 0.1) is 0 Å². The van der Waals surface area contributed by atoms with Gasteiger partial charge in [0.25, 0.3) is 0 Å². The topological polar surface area (TPSA) is 70.6 Å². The third-order valence-corrected chi connectivity index (χ3v) is 4.77. The molecule has 0 bridgehead atoms. The zero-order chi connectivity index (χ0) is 16.3. The minimum absolute atomic E-state index is 0.235. The van der Waals surface area contributed by atoms with E-state index in [0.29, 0.717) is 22.7 Å². The number of nitrogens with two attached hydrogens (primary N) is 1. The van der Waals surface area contributed by atoms with Gasteiger partial charge in [-0.1, -0.05) is 46.7 Å². The van der Waals surface area contributed by atoms with Crippen molar-refractivity contribution in [2.75, 3.05) is 6.54 Å². The Bertz CT molecular complexity index is 356. The molecule has 124 valence electrons. The van der Waals surface area contributed by atoms with Crippen LogP contribution in [0.15, 0.2) is 5.16 Å². The molecule has 0 aromatic carbocycles. The van der Waals surface area contributed by atoms with Crippen LogP contribution in [0.3, 0.4) is 0 Å². The van der Waals surface area contributed by atoms with E-state index in [1.54, 1.807) is 0 Å². The van der Waals surface area contributed by atoms with Crippen molar-refractivity contribution in [2.45, 2.75) is 79.7 Å². The van der Waals surface area contributed by atoms with Crippen molar-refractivity contribution >= 4 is 5.84 Å². The van der Waals surface area contributed by atoms with Crippen molar-refractivity contribution in [1.29, 1.82) is 0 Å². The normalized spacial score (nSPS) is 23.2. The standard InChI is InChI=1S/C17H35N3O/c1-15(2)10-13(11-16(3,4)12-15)19-9-7-8-17(5,6)14(18)20-21/h13,19,21H,7-12H2,1-6H3,(H2,18,20). The molecule has 0 spiro atoms. The Labute approximate surface area is 130 Å². The molecule has 0 aromatic heterocycles. The van der Waals surface area contributed by atoms with Gasteiger partial charge >= 0.3 is 0 Å². The summed E-state index contributed by atoms with van der Waals surface area (Å²) in [5, 5.41) is 15.7. The first-order valence-electron chi connectivity index (χ1n) is 8.19. The smallest absolute Gasteiger partial charge is 0.144 e. The summed E-state index contributed by atoms with van der Waals surface area (Å²) in [6.45, 7) is 14.6. The molecule has 4 nitrogen and oxygen atoms in total. The number of nitrogens with zero attached hydrogens (tertiary/aromatic N) is 1. The van der Waals surface area contributed by atoms with E-state index in [1.807, 2.05) is 13.8 Å². The van der Waals surface area contributed by atoms with Crippen LogP contribution in [0.5, 0.6) is 0 Å². The average Bonchev–Trinajstić information content (AvgIpc) is 2.29. The van der Waals surface area contributed by atoms with Crippen molar-refractivity contribution in [2.24, 2.45) is 27.1 Å². The fourth-order valence-corrected chi connectivity index (χ4v) is 4.09. The van der Waals surface area contributed by atoms with E-state index in [9.17, 15) is 0 Å². The van der Waals surface area contributed by atoms with Gasteiger partial charge in [0.15, 0.2) is 0 Å². The van der Waals surface area contributed by atoms with E-state index in [1.165, 1.54) is 19.3 Å². The summed E-state index contributed by atoms with van der Waals surface area (Å²) in [5.41, 5.74) is 6.34. The Balaban J connectivity index is 2.39. The third kappa shape index (κ3) is 5.85. The molecule has 1 aliphatic carbocycles. The van der Waals surface area contributed by atoms with Gasteiger partial charge in [-0.05, 0) is 49.5 Å². The van der Waals surface area contributed by atoms with Crippen molar-refractivity contribution in [1.82, 2.24) is 5.32 Å². The van der Waals surface area contributed by atoms with Crippen LogP contribution in [0.25, 0.3) is 0 Å². The van der Waals surface area contributed by atoms with E-state index < -0.39 is 0 Å². The lowest BCUT2D eigenvalue weighted by Gasteiger charge is -2.45. The van der Waals surface area contributed by atoms with Crippen LogP contribution in [0.2, 0.25) is 0 Å². The van der Waals surface area contributed by atoms with Gasteiger partial charge < -0.3 is 16.3 Å². The Kier molecular flexibility index (Phi) is 5.70. The zero-order valence-electron chi connectivity index (χ0n) is 14.8. The van der Waals surface area contributed by atoms with E-state index in [0.717, 1.165) is 19.4 Å². The number of hydrogen-bond donors (Lipinski definition) is 3. The van der Waals surface area contributed by atoms with Crippen LogP contribution >= 0.6 is 0 Å². The molecule has 21 heavy (non-hydrogen) atoms. The van der Waals surface area contributed by atoms with Crippen LogP contribution in [0.1, 0.15) is 73.6 Å². The lowest BCUT2D eigenvalue weighted by molar-refractivity contribution is 0.0849. The maximum Gasteiger partial charge on any atom is 0.144 e. The third-order valence-electron chi connectivity index (χ3n) is 4.77. The fraction of sp³-hybridized carbons (Fsp3) is 0.941. The van der Waals surface area contributed by atoms with Gasteiger partial charge in [-0.3, -0.25) is 0 Å². The molecule has 0 heterocycles. The monoisotopic (exact) mass is 297 g/mol. The van der Waals surface area contributed by atoms with Crippen LogP contribution in [-0.4, -0.2) is 23.6 Å². The maximum absolute atomic E-state index is 8.79. The summed E-state index contributed by atoms with van der Waals surface area (Å²) in [7, 11) is 0. The molecule has 0 aromatic rings. The SMILES string of the molecule is CC1(C)CC(NCCCC(C)(C)C(N)=NO)CC(C)(C)C1. The molecule has 1 saturated carbocycles. The molecule has 1 fully saturated rings. The predicted molar refractivity (Wildman–Crippen MR) is 89.6 cm³/mol. The second kappa shape index (κ2) is 6.55. The number of amidine groups is 1. The van der Waals surface area contributed by atoms with Crippen molar-refractivity contribution < 1.29 is 5.21 Å². The van der Waals surface area contributed by atoms with Crippen molar-refractivity contribution in [3.05, 3.63) is 0 Å². The van der Waals surface area contributed by atoms with Gasteiger partial charge in [-0.25, -0.2) is 0 Å². The average molecular weight is 297 g/mol. The van der Waals surface area contributed by atoms with Gasteiger partial charge in [0.2, 0.25) is 0 Å². The first-order valence-corrected chi connectivity index (χ1v) is 8.19. The van der Waals surface area contributed by atoms with Crippen molar-refractivity contribution in [3.63, 3.8) is 0 Å². The quantitative estimate of drug-likeness (QED) is 0.230. The Morgan fingerprint density at radius 1 is 1.24 bits per heavy atom. The van der Waals surface area contributed by atoms with Gasteiger partial charge in [0, 0.05) is 11.5 Å². The summed E-state index contributed by atoms with van der Waals surface area (Å²) in [6, 6.07) is 0.607. The Morgan fingerprint density at radius 3 is 2.24 bits per heavy atom. The fourth-order valence-electron chi connectivity index (χ4n) is 4.09. The first-order chi connectivity index (χ1) is 9.47. The number of nitrogens with one attached hydrogen (secondary N) is 1. The van der Waals surface area contributed by atoms with E-state index in [-0.39, 0.29) is 5.41 Å². The summed E-state index contributed by atoms with van der Waals surface area (Å²) in [5.74, 6) is 0.322. The highest BCUT2D eigenvalue weighted by Gasteiger charge is 2.38. The number of hydrogen-bond acceptors (Lipinski definition) is 3. The maximum atomic E-state index is 8.79. The zero-order valence-corrected chi connectivity index (χ0v) is 14.8. The second-order valence-electron chi connectivity index (χ2n) is 9.04. The lowest BCUT2D eigenvalue weighted by Crippen LogP contribution is -2.44. The van der Waals surface area contributed by atoms with Crippen molar-refractivity contribution in [3.8, 4) is 0 Å². The molecular weight excluding hydrogens is 262 g/mol. The molecule has 0 unspecified atom stereocenters. The molecule has 0 radical (unpaired) electrons. The Hall–Kier alpha value is -0.770. The molecule has 4 heteroatoms. The number of oxime groups is 1. The highest BCUT2D eigenvalue weighted by molar-refractivity contribution is 5.85. The second-order valence-corrected chi connectivity index (χ2v) is 9.04. The highest BCUT2D eigenvalue weighted by Crippen LogP contribution is 2.45. The Morgan fingerprint density at radius 2 is 1.76 bits per heavy atom. The minimum Gasteiger partial charge on any atom is -0.409 e. The molecule has 1 rings (SSSR count). The summed E-state index contributed by atoms with van der Waals surface area (Å²) in [4.78, 5) is 0. The van der Waals surface area contributed by atoms with Gasteiger partial charge in [-0.15, -0.1) is 0 Å². The van der Waals surface area contributed by atoms with E-state index >= 15 is 0 Å². The molecule has 0 saturated heterocycles. The molecule has 0 atom stereocenters. The van der Waals surface area contributed by atoms with Crippen LogP contribution < -0.4 is 11.1 Å². The van der Waals surface area contributed by atoms with Gasteiger partial charge in [-0.2, -0.15) is 0 Å².